The summed E-state index contributed by atoms with van der Waals surface area (Å²) in [4.78, 5) is 24.2. The van der Waals surface area contributed by atoms with Crippen LogP contribution in [0.3, 0.4) is 0 Å². The van der Waals surface area contributed by atoms with Gasteiger partial charge in [0.1, 0.15) is 5.25 Å². The third kappa shape index (κ3) is 5.46. The van der Waals surface area contributed by atoms with Crippen LogP contribution in [0.4, 0.5) is 5.69 Å². The Kier molecular flexibility index (Phi) is 6.33. The fourth-order valence-corrected chi connectivity index (χ4v) is 3.07. The van der Waals surface area contributed by atoms with Gasteiger partial charge < -0.3 is 10.4 Å². The predicted molar refractivity (Wildman–Crippen MR) is 93.4 cm³/mol. The molecule has 120 valence electrons. The minimum Gasteiger partial charge on any atom is -0.480 e. The normalized spacial score (nSPS) is 11.7. The van der Waals surface area contributed by atoms with Gasteiger partial charge in [0.05, 0.1) is 10.0 Å². The number of thioether (sulfide) groups is 1. The van der Waals surface area contributed by atoms with E-state index in [1.165, 1.54) is 6.07 Å². The molecule has 2 aromatic carbocycles. The summed E-state index contributed by atoms with van der Waals surface area (Å²) in [6, 6.07) is 13.8. The highest BCUT2D eigenvalue weighted by atomic mass is 35.5. The first kappa shape index (κ1) is 17.7. The van der Waals surface area contributed by atoms with E-state index in [1.807, 2.05) is 18.2 Å². The quantitative estimate of drug-likeness (QED) is 0.732. The Bertz CT molecular complexity index is 710. The molecule has 0 bridgehead atoms. The van der Waals surface area contributed by atoms with Crippen LogP contribution < -0.4 is 5.32 Å². The van der Waals surface area contributed by atoms with Gasteiger partial charge in [-0.3, -0.25) is 9.59 Å². The van der Waals surface area contributed by atoms with Crippen molar-refractivity contribution in [3.8, 4) is 0 Å². The van der Waals surface area contributed by atoms with Crippen LogP contribution in [0.25, 0.3) is 0 Å². The fraction of sp³-hybridized carbons (Fsp3) is 0.125. The Morgan fingerprint density at radius 3 is 2.39 bits per heavy atom. The molecule has 2 rings (SSSR count). The number of carboxylic acids is 1. The van der Waals surface area contributed by atoms with E-state index in [9.17, 15) is 14.7 Å². The minimum absolute atomic E-state index is 0.158. The number of nitrogens with one attached hydrogen (secondary N) is 1. The third-order valence-corrected chi connectivity index (χ3v) is 4.81. The zero-order valence-electron chi connectivity index (χ0n) is 11.8. The molecular weight excluding hydrogens is 357 g/mol. The molecule has 0 aliphatic carbocycles. The van der Waals surface area contributed by atoms with E-state index in [-0.39, 0.29) is 6.42 Å². The Balaban J connectivity index is 2.00. The van der Waals surface area contributed by atoms with Gasteiger partial charge in [-0.15, -0.1) is 11.8 Å². The molecule has 0 aromatic heterocycles. The van der Waals surface area contributed by atoms with E-state index in [2.05, 4.69) is 5.32 Å². The van der Waals surface area contributed by atoms with Gasteiger partial charge in [0.25, 0.3) is 0 Å². The van der Waals surface area contributed by atoms with Crippen LogP contribution in [0.5, 0.6) is 0 Å². The Hall–Kier alpha value is -1.69. The predicted octanol–water partition coefficient (Wildman–Crippen LogP) is 4.57. The number of benzene rings is 2. The molecule has 7 heteroatoms. The van der Waals surface area contributed by atoms with Crippen molar-refractivity contribution in [2.24, 2.45) is 0 Å². The molecule has 1 unspecified atom stereocenters. The molecule has 1 atom stereocenters. The second-order valence-corrected chi connectivity index (χ2v) is 6.73. The largest absolute Gasteiger partial charge is 0.480 e. The topological polar surface area (TPSA) is 66.4 Å². The lowest BCUT2D eigenvalue weighted by molar-refractivity contribution is -0.137. The number of aliphatic carboxylic acids is 1. The standard InChI is InChI=1S/C16H13Cl2NO3S/c17-12-7-6-10(8-13(12)18)19-15(20)9-14(16(21)22)23-11-4-2-1-3-5-11/h1-8,14H,9H2,(H,19,20)(H,21,22). The Morgan fingerprint density at radius 1 is 1.09 bits per heavy atom. The van der Waals surface area contributed by atoms with E-state index in [0.717, 1.165) is 16.7 Å². The molecule has 0 saturated heterocycles. The molecule has 0 heterocycles. The molecule has 0 fully saturated rings. The number of carbonyl (C=O) groups excluding carboxylic acids is 1. The van der Waals surface area contributed by atoms with Crippen molar-refractivity contribution in [3.05, 3.63) is 58.6 Å². The summed E-state index contributed by atoms with van der Waals surface area (Å²) in [7, 11) is 0. The van der Waals surface area contributed by atoms with Gasteiger partial charge >= 0.3 is 5.97 Å². The van der Waals surface area contributed by atoms with Crippen molar-refractivity contribution in [1.29, 1.82) is 0 Å². The summed E-state index contributed by atoms with van der Waals surface area (Å²) in [5.74, 6) is -1.44. The van der Waals surface area contributed by atoms with Crippen LogP contribution in [-0.4, -0.2) is 22.2 Å². The Labute approximate surface area is 147 Å². The van der Waals surface area contributed by atoms with Crippen molar-refractivity contribution in [1.82, 2.24) is 0 Å². The number of hydrogen-bond donors (Lipinski definition) is 2. The average molecular weight is 370 g/mol. The summed E-state index contributed by atoms with van der Waals surface area (Å²) in [5.41, 5.74) is 0.471. The van der Waals surface area contributed by atoms with E-state index >= 15 is 0 Å². The number of rotatable bonds is 6. The summed E-state index contributed by atoms with van der Waals surface area (Å²) in [5, 5.41) is 11.7. The third-order valence-electron chi connectivity index (χ3n) is 2.87. The Morgan fingerprint density at radius 2 is 1.78 bits per heavy atom. The second-order valence-electron chi connectivity index (χ2n) is 4.64. The van der Waals surface area contributed by atoms with Crippen LogP contribution in [0, 0.1) is 0 Å². The molecule has 0 aliphatic heterocycles. The zero-order chi connectivity index (χ0) is 16.8. The number of halogens is 2. The van der Waals surface area contributed by atoms with Gasteiger partial charge in [-0.2, -0.15) is 0 Å². The highest BCUT2D eigenvalue weighted by molar-refractivity contribution is 8.00. The van der Waals surface area contributed by atoms with E-state index < -0.39 is 17.1 Å². The first-order valence-electron chi connectivity index (χ1n) is 6.65. The maximum Gasteiger partial charge on any atom is 0.317 e. The number of carbonyl (C=O) groups is 2. The second kappa shape index (κ2) is 8.24. The van der Waals surface area contributed by atoms with Crippen LogP contribution in [-0.2, 0) is 9.59 Å². The van der Waals surface area contributed by atoms with Crippen molar-refractivity contribution < 1.29 is 14.7 Å². The molecule has 23 heavy (non-hydrogen) atoms. The fourth-order valence-electron chi connectivity index (χ4n) is 1.80. The maximum atomic E-state index is 12.0. The minimum atomic E-state index is -1.04. The van der Waals surface area contributed by atoms with Crippen LogP contribution in [0.15, 0.2) is 53.4 Å². The summed E-state index contributed by atoms with van der Waals surface area (Å²) in [6.07, 6.45) is -0.158. The molecule has 2 N–H and O–H groups in total. The van der Waals surface area contributed by atoms with Gasteiger partial charge in [-0.05, 0) is 30.3 Å². The van der Waals surface area contributed by atoms with Gasteiger partial charge in [-0.1, -0.05) is 41.4 Å². The molecule has 0 saturated carbocycles. The first-order valence-corrected chi connectivity index (χ1v) is 8.28. The zero-order valence-corrected chi connectivity index (χ0v) is 14.2. The molecule has 4 nitrogen and oxygen atoms in total. The lowest BCUT2D eigenvalue weighted by Gasteiger charge is -2.12. The molecular formula is C16H13Cl2NO3S. The SMILES string of the molecule is O=C(CC(Sc1ccccc1)C(=O)O)Nc1ccc(Cl)c(Cl)c1. The molecule has 1 amide bonds. The van der Waals surface area contributed by atoms with Crippen molar-refractivity contribution in [2.45, 2.75) is 16.6 Å². The average Bonchev–Trinajstić information content (AvgIpc) is 2.51. The van der Waals surface area contributed by atoms with Crippen LogP contribution >= 0.6 is 35.0 Å². The smallest absolute Gasteiger partial charge is 0.317 e. The number of anilines is 1. The van der Waals surface area contributed by atoms with E-state index in [0.29, 0.717) is 15.7 Å². The van der Waals surface area contributed by atoms with E-state index in [1.54, 1.807) is 24.3 Å². The molecule has 0 radical (unpaired) electrons. The van der Waals surface area contributed by atoms with Gasteiger partial charge in [-0.25, -0.2) is 0 Å². The van der Waals surface area contributed by atoms with Crippen molar-refractivity contribution >= 4 is 52.5 Å². The number of carboxylic acid groups (broad SMARTS) is 1. The summed E-state index contributed by atoms with van der Waals surface area (Å²) >= 11 is 12.8. The first-order chi connectivity index (χ1) is 11.0. The lowest BCUT2D eigenvalue weighted by Crippen LogP contribution is -2.24. The lowest BCUT2D eigenvalue weighted by atomic mass is 10.2. The highest BCUT2D eigenvalue weighted by Crippen LogP contribution is 2.27. The number of hydrogen-bond acceptors (Lipinski definition) is 3. The highest BCUT2D eigenvalue weighted by Gasteiger charge is 2.22. The van der Waals surface area contributed by atoms with E-state index in [4.69, 9.17) is 23.2 Å². The molecule has 0 aliphatic rings. The van der Waals surface area contributed by atoms with Crippen LogP contribution in [0.2, 0.25) is 10.0 Å². The maximum absolute atomic E-state index is 12.0. The van der Waals surface area contributed by atoms with Crippen LogP contribution in [0.1, 0.15) is 6.42 Å². The summed E-state index contributed by atoms with van der Waals surface area (Å²) < 4.78 is 0. The van der Waals surface area contributed by atoms with Gasteiger partial charge in [0, 0.05) is 17.0 Å². The van der Waals surface area contributed by atoms with Crippen molar-refractivity contribution in [3.63, 3.8) is 0 Å². The van der Waals surface area contributed by atoms with Crippen molar-refractivity contribution in [2.75, 3.05) is 5.32 Å². The monoisotopic (exact) mass is 369 g/mol. The number of amides is 1. The van der Waals surface area contributed by atoms with Gasteiger partial charge in [0.15, 0.2) is 0 Å². The molecule has 2 aromatic rings. The van der Waals surface area contributed by atoms with Gasteiger partial charge in [0.2, 0.25) is 5.91 Å². The molecule has 0 spiro atoms. The summed E-state index contributed by atoms with van der Waals surface area (Å²) in [6.45, 7) is 0.